The number of carbonyl (C=O) groups is 3. The molecule has 0 saturated carbocycles. The first-order chi connectivity index (χ1) is 5.36. The van der Waals surface area contributed by atoms with Crippen LogP contribution >= 0.6 is 12.4 Å². The van der Waals surface area contributed by atoms with Gasteiger partial charge in [-0.2, -0.15) is 0 Å². The first kappa shape index (κ1) is 17.5. The second-order valence-electron chi connectivity index (χ2n) is 1.53. The van der Waals surface area contributed by atoms with Crippen molar-refractivity contribution in [1.82, 2.24) is 0 Å². The van der Waals surface area contributed by atoms with Gasteiger partial charge in [-0.3, -0.25) is 4.79 Å². The molecule has 0 saturated heterocycles. The summed E-state index contributed by atoms with van der Waals surface area (Å²) in [5, 5.41) is 23.0. The molecule has 0 unspecified atom stereocenters. The molecule has 0 aromatic rings. The maximum absolute atomic E-state index is 9.55. The Morgan fingerprint density at radius 1 is 0.923 bits per heavy atom. The monoisotopic (exact) mass is 212 g/mol. The predicted octanol–water partition coefficient (Wildman–Crippen LogP) is 0.225. The van der Waals surface area contributed by atoms with Gasteiger partial charge in [-0.15, -0.1) is 12.4 Å². The minimum atomic E-state index is -1.26. The predicted molar refractivity (Wildman–Crippen MR) is 45.0 cm³/mol. The van der Waals surface area contributed by atoms with Gasteiger partial charge in [0.2, 0.25) is 0 Å². The molecular weight excluding hydrogens is 204 g/mol. The summed E-state index contributed by atoms with van der Waals surface area (Å²) in [6.07, 6.45) is 1.12. The van der Waals surface area contributed by atoms with E-state index in [1.807, 2.05) is 0 Å². The van der Waals surface area contributed by atoms with E-state index in [9.17, 15) is 9.59 Å². The van der Waals surface area contributed by atoms with Crippen LogP contribution in [0.4, 0.5) is 0 Å². The lowest BCUT2D eigenvalue weighted by atomic mass is 10.5. The van der Waals surface area contributed by atoms with E-state index >= 15 is 0 Å². The van der Waals surface area contributed by atoms with Crippen molar-refractivity contribution >= 4 is 30.3 Å². The molecule has 0 atom stereocenters. The van der Waals surface area contributed by atoms with E-state index in [4.69, 9.17) is 20.1 Å². The van der Waals surface area contributed by atoms with Gasteiger partial charge >= 0.3 is 11.9 Å². The second-order valence-corrected chi connectivity index (χ2v) is 1.53. The van der Waals surface area contributed by atoms with Crippen molar-refractivity contribution in [2.75, 3.05) is 0 Å². The minimum absolute atomic E-state index is 0. The fourth-order valence-electron chi connectivity index (χ4n) is 0.143. The summed E-state index contributed by atoms with van der Waals surface area (Å²) in [5.74, 6) is -3.35. The molecular formula is C6H9ClO6. The van der Waals surface area contributed by atoms with Crippen LogP contribution in [0.5, 0.6) is 0 Å². The van der Waals surface area contributed by atoms with Gasteiger partial charge in [0.25, 0.3) is 5.97 Å². The zero-order valence-corrected chi connectivity index (χ0v) is 7.45. The summed E-state index contributed by atoms with van der Waals surface area (Å²) in [4.78, 5) is 28.1. The molecule has 0 spiro atoms. The van der Waals surface area contributed by atoms with Crippen LogP contribution in [-0.4, -0.2) is 33.2 Å². The zero-order valence-electron chi connectivity index (χ0n) is 6.63. The van der Waals surface area contributed by atoms with E-state index in [0.29, 0.717) is 12.2 Å². The highest BCUT2D eigenvalue weighted by Gasteiger charge is 1.88. The molecule has 7 heteroatoms. The van der Waals surface area contributed by atoms with Crippen molar-refractivity contribution in [2.24, 2.45) is 0 Å². The number of carboxylic acids is 3. The van der Waals surface area contributed by atoms with Crippen molar-refractivity contribution < 1.29 is 29.7 Å². The highest BCUT2D eigenvalue weighted by molar-refractivity contribution is 5.89. The van der Waals surface area contributed by atoms with Crippen molar-refractivity contribution in [3.8, 4) is 0 Å². The first-order valence-electron chi connectivity index (χ1n) is 2.69. The van der Waals surface area contributed by atoms with Crippen LogP contribution < -0.4 is 0 Å². The van der Waals surface area contributed by atoms with Gasteiger partial charge in [-0.05, 0) is 0 Å². The Balaban J connectivity index is -0.000000173. The molecule has 0 aromatic carbocycles. The summed E-state index contributed by atoms with van der Waals surface area (Å²) < 4.78 is 0. The zero-order chi connectivity index (χ0) is 10.1. The maximum Gasteiger partial charge on any atom is 0.328 e. The Hall–Kier alpha value is -1.56. The van der Waals surface area contributed by atoms with Crippen LogP contribution in [0.25, 0.3) is 0 Å². The van der Waals surface area contributed by atoms with Crippen molar-refractivity contribution in [3.63, 3.8) is 0 Å². The number of hydrogen-bond acceptors (Lipinski definition) is 3. The van der Waals surface area contributed by atoms with E-state index in [2.05, 4.69) is 0 Å². The summed E-state index contributed by atoms with van der Waals surface area (Å²) in [6, 6.07) is 0. The molecule has 0 aromatic heterocycles. The Morgan fingerprint density at radius 3 is 1.15 bits per heavy atom. The third kappa shape index (κ3) is 62.8. The molecule has 0 aliphatic heterocycles. The van der Waals surface area contributed by atoms with Gasteiger partial charge in [0.15, 0.2) is 0 Å². The fraction of sp³-hybridized carbons (Fsp3) is 0.167. The normalized spacial score (nSPS) is 7.77. The van der Waals surface area contributed by atoms with Crippen LogP contribution in [0.1, 0.15) is 6.92 Å². The smallest absolute Gasteiger partial charge is 0.328 e. The van der Waals surface area contributed by atoms with E-state index in [0.717, 1.165) is 6.92 Å². The number of rotatable bonds is 2. The van der Waals surface area contributed by atoms with E-state index in [1.165, 1.54) is 0 Å². The van der Waals surface area contributed by atoms with Gasteiger partial charge in [0.1, 0.15) is 0 Å². The van der Waals surface area contributed by atoms with E-state index in [-0.39, 0.29) is 12.4 Å². The summed E-state index contributed by atoms with van der Waals surface area (Å²) in [5.41, 5.74) is 0. The SMILES string of the molecule is CC(=O)O.Cl.O=C(O)C=CC(=O)O. The molecule has 3 N–H and O–H groups in total. The molecule has 76 valence electrons. The lowest BCUT2D eigenvalue weighted by molar-refractivity contribution is -0.134. The molecule has 0 bridgehead atoms. The lowest BCUT2D eigenvalue weighted by Gasteiger charge is -1.74. The third-order valence-electron chi connectivity index (χ3n) is 0.368. The molecule has 0 aliphatic rings. The van der Waals surface area contributed by atoms with Gasteiger partial charge < -0.3 is 15.3 Å². The fourth-order valence-corrected chi connectivity index (χ4v) is 0.143. The standard InChI is InChI=1S/C4H4O4.C2H4O2.ClH/c5-3(6)1-2-4(7)8;1-2(3)4;/h1-2H,(H,5,6)(H,7,8);1H3,(H,3,4);1H. The second kappa shape index (κ2) is 10.4. The minimum Gasteiger partial charge on any atom is -0.481 e. The molecule has 0 rings (SSSR count). The highest BCUT2D eigenvalue weighted by atomic mass is 35.5. The van der Waals surface area contributed by atoms with E-state index in [1.54, 1.807) is 0 Å². The maximum atomic E-state index is 9.55. The van der Waals surface area contributed by atoms with Gasteiger partial charge in [0, 0.05) is 19.1 Å². The average molecular weight is 213 g/mol. The topological polar surface area (TPSA) is 112 Å². The summed E-state index contributed by atoms with van der Waals surface area (Å²) in [6.45, 7) is 1.08. The van der Waals surface area contributed by atoms with Crippen molar-refractivity contribution in [2.45, 2.75) is 6.92 Å². The number of halogens is 1. The van der Waals surface area contributed by atoms with Crippen molar-refractivity contribution in [3.05, 3.63) is 12.2 Å². The van der Waals surface area contributed by atoms with Crippen molar-refractivity contribution in [1.29, 1.82) is 0 Å². The molecule has 0 amide bonds. The van der Waals surface area contributed by atoms with Gasteiger partial charge in [0.05, 0.1) is 0 Å². The average Bonchev–Trinajstić information content (AvgIpc) is 1.82. The third-order valence-corrected chi connectivity index (χ3v) is 0.368. The van der Waals surface area contributed by atoms with Crippen LogP contribution in [0.3, 0.4) is 0 Å². The number of hydrogen-bond donors (Lipinski definition) is 3. The summed E-state index contributed by atoms with van der Waals surface area (Å²) >= 11 is 0. The van der Waals surface area contributed by atoms with Gasteiger partial charge in [-0.1, -0.05) is 0 Å². The first-order valence-corrected chi connectivity index (χ1v) is 2.69. The molecule has 0 fully saturated rings. The van der Waals surface area contributed by atoms with E-state index < -0.39 is 17.9 Å². The Labute approximate surface area is 79.9 Å². The van der Waals surface area contributed by atoms with Gasteiger partial charge in [-0.25, -0.2) is 9.59 Å². The Morgan fingerprint density at radius 2 is 1.08 bits per heavy atom. The number of aliphatic carboxylic acids is 3. The van der Waals surface area contributed by atoms with Crippen LogP contribution in [0.15, 0.2) is 12.2 Å². The molecule has 0 aliphatic carbocycles. The lowest BCUT2D eigenvalue weighted by Crippen LogP contribution is -1.91. The Kier molecular flexibility index (Phi) is 14.1. The van der Waals surface area contributed by atoms with Crippen LogP contribution in [0, 0.1) is 0 Å². The molecule has 0 heterocycles. The van der Waals surface area contributed by atoms with Crippen LogP contribution in [-0.2, 0) is 14.4 Å². The molecule has 6 nitrogen and oxygen atoms in total. The summed E-state index contributed by atoms with van der Waals surface area (Å²) in [7, 11) is 0. The number of carboxylic acid groups (broad SMARTS) is 3. The van der Waals surface area contributed by atoms with Crippen LogP contribution in [0.2, 0.25) is 0 Å². The molecule has 13 heavy (non-hydrogen) atoms. The largest absolute Gasteiger partial charge is 0.481 e. The Bertz CT molecular complexity index is 189. The quantitative estimate of drug-likeness (QED) is 0.565. The molecule has 0 radical (unpaired) electrons. The highest BCUT2D eigenvalue weighted by Crippen LogP contribution is 1.70.